The maximum atomic E-state index is 13.1. The molecule has 1 fully saturated rings. The van der Waals surface area contributed by atoms with Crippen LogP contribution in [0.15, 0.2) is 46.8 Å². The van der Waals surface area contributed by atoms with E-state index < -0.39 is 11.4 Å². The highest BCUT2D eigenvalue weighted by molar-refractivity contribution is 7.12. The smallest absolute Gasteiger partial charge is 0.341 e. The summed E-state index contributed by atoms with van der Waals surface area (Å²) in [7, 11) is 0. The molecule has 0 radical (unpaired) electrons. The third-order valence-corrected chi connectivity index (χ3v) is 7.41. The molecule has 1 saturated heterocycles. The Bertz CT molecular complexity index is 1560. The number of carbonyl (C=O) groups excluding carboxylic acids is 1. The van der Waals surface area contributed by atoms with Crippen LogP contribution in [0.3, 0.4) is 0 Å². The van der Waals surface area contributed by atoms with Crippen LogP contribution in [0.1, 0.15) is 35.7 Å². The SMILES string of the molecule is CCOCCCC(=O)C1CN(c2cc(C)c3c(=O)c(C(=O)O)cn(-c4nc(-c5ccccn5)cs4)c3n2)C1. The van der Waals surface area contributed by atoms with Crippen LogP contribution in [0, 0.1) is 12.8 Å². The molecule has 0 aliphatic carbocycles. The van der Waals surface area contributed by atoms with Crippen molar-refractivity contribution in [1.29, 1.82) is 0 Å². The Balaban J connectivity index is 1.49. The van der Waals surface area contributed by atoms with Gasteiger partial charge in [0.2, 0.25) is 5.43 Å². The van der Waals surface area contributed by atoms with E-state index in [2.05, 4.69) is 9.97 Å². The number of ketones is 1. The molecule has 196 valence electrons. The van der Waals surface area contributed by atoms with Crippen molar-refractivity contribution in [3.05, 3.63) is 63.4 Å². The Morgan fingerprint density at radius 2 is 2.03 bits per heavy atom. The minimum Gasteiger partial charge on any atom is -0.477 e. The summed E-state index contributed by atoms with van der Waals surface area (Å²) in [5.41, 5.74) is 1.30. The molecule has 5 heterocycles. The van der Waals surface area contributed by atoms with E-state index in [-0.39, 0.29) is 22.7 Å². The van der Waals surface area contributed by atoms with Gasteiger partial charge in [0.05, 0.1) is 17.0 Å². The van der Waals surface area contributed by atoms with Crippen molar-refractivity contribution in [2.45, 2.75) is 26.7 Å². The molecule has 1 N–H and O–H groups in total. The Hall–Kier alpha value is -3.96. The first-order valence-electron chi connectivity index (χ1n) is 12.4. The van der Waals surface area contributed by atoms with Gasteiger partial charge in [-0.25, -0.2) is 14.8 Å². The molecule has 4 aromatic heterocycles. The first kappa shape index (κ1) is 25.7. The Labute approximate surface area is 222 Å². The summed E-state index contributed by atoms with van der Waals surface area (Å²) in [4.78, 5) is 53.3. The van der Waals surface area contributed by atoms with Gasteiger partial charge in [0.15, 0.2) is 10.8 Å². The fraction of sp³-hybridized carbons (Fsp3) is 0.333. The van der Waals surface area contributed by atoms with Crippen molar-refractivity contribution in [3.63, 3.8) is 0 Å². The number of thiazole rings is 1. The van der Waals surface area contributed by atoms with Gasteiger partial charge in [-0.1, -0.05) is 6.07 Å². The molecule has 5 rings (SSSR count). The maximum Gasteiger partial charge on any atom is 0.341 e. The molecular formula is C27H27N5O5S. The van der Waals surface area contributed by atoms with E-state index in [1.807, 2.05) is 35.4 Å². The highest BCUT2D eigenvalue weighted by atomic mass is 32.1. The average molecular weight is 534 g/mol. The minimum atomic E-state index is -1.32. The number of aromatic nitrogens is 4. The molecule has 38 heavy (non-hydrogen) atoms. The monoisotopic (exact) mass is 533 g/mol. The Kier molecular flexibility index (Phi) is 7.30. The van der Waals surface area contributed by atoms with Gasteiger partial charge >= 0.3 is 5.97 Å². The van der Waals surface area contributed by atoms with Crippen LogP contribution >= 0.6 is 11.3 Å². The van der Waals surface area contributed by atoms with Gasteiger partial charge < -0.3 is 14.7 Å². The number of aryl methyl sites for hydroxylation is 1. The van der Waals surface area contributed by atoms with Crippen molar-refractivity contribution in [1.82, 2.24) is 19.5 Å². The standard InChI is InChI=1S/C27H27N5O5S/c1-3-37-10-6-8-21(33)17-12-31(13-17)22-11-16(2)23-24(34)18(26(35)36)14-32(25(23)30-22)27-29-20(15-38-27)19-7-4-5-9-28-19/h4-5,7,9,11,14-15,17H,3,6,8,10,12-13H2,1-2H3,(H,35,36). The lowest BCUT2D eigenvalue weighted by molar-refractivity contribution is -0.123. The normalized spacial score (nSPS) is 13.6. The number of carboxylic acids is 1. The van der Waals surface area contributed by atoms with E-state index in [0.717, 1.165) is 0 Å². The molecule has 1 aliphatic heterocycles. The van der Waals surface area contributed by atoms with Crippen LogP contribution in [0.4, 0.5) is 5.82 Å². The zero-order chi connectivity index (χ0) is 26.8. The van der Waals surface area contributed by atoms with E-state index >= 15 is 0 Å². The summed E-state index contributed by atoms with van der Waals surface area (Å²) >= 11 is 1.30. The summed E-state index contributed by atoms with van der Waals surface area (Å²) < 4.78 is 6.88. The molecule has 4 aromatic rings. The highest BCUT2D eigenvalue weighted by Gasteiger charge is 2.33. The van der Waals surface area contributed by atoms with Gasteiger partial charge in [0.1, 0.15) is 22.9 Å². The highest BCUT2D eigenvalue weighted by Crippen LogP contribution is 2.30. The molecule has 0 spiro atoms. The van der Waals surface area contributed by atoms with Gasteiger partial charge in [0, 0.05) is 50.5 Å². The number of nitrogens with zero attached hydrogens (tertiary/aromatic N) is 5. The molecule has 11 heteroatoms. The topological polar surface area (TPSA) is 128 Å². The van der Waals surface area contributed by atoms with Gasteiger partial charge in [-0.15, -0.1) is 11.3 Å². The Morgan fingerprint density at radius 1 is 1.21 bits per heavy atom. The van der Waals surface area contributed by atoms with E-state index in [1.54, 1.807) is 23.8 Å². The zero-order valence-corrected chi connectivity index (χ0v) is 21.9. The first-order chi connectivity index (χ1) is 18.4. The molecule has 0 saturated carbocycles. The second kappa shape index (κ2) is 10.8. The van der Waals surface area contributed by atoms with E-state index in [4.69, 9.17) is 9.72 Å². The quantitative estimate of drug-likeness (QED) is 0.303. The van der Waals surface area contributed by atoms with Crippen molar-refractivity contribution in [2.24, 2.45) is 5.92 Å². The lowest BCUT2D eigenvalue weighted by Gasteiger charge is -2.39. The molecule has 1 aliphatic rings. The number of ether oxygens (including phenoxy) is 1. The van der Waals surface area contributed by atoms with Crippen LogP contribution in [-0.4, -0.2) is 62.7 Å². The van der Waals surface area contributed by atoms with E-state index in [9.17, 15) is 19.5 Å². The van der Waals surface area contributed by atoms with Crippen molar-refractivity contribution in [3.8, 4) is 16.5 Å². The van der Waals surface area contributed by atoms with Gasteiger partial charge in [-0.05, 0) is 44.0 Å². The number of carboxylic acid groups (broad SMARTS) is 1. The molecule has 0 aromatic carbocycles. The van der Waals surface area contributed by atoms with E-state index in [0.29, 0.717) is 72.7 Å². The van der Waals surface area contributed by atoms with Crippen molar-refractivity contribution in [2.75, 3.05) is 31.2 Å². The Morgan fingerprint density at radius 3 is 2.74 bits per heavy atom. The predicted molar refractivity (Wildman–Crippen MR) is 144 cm³/mol. The third-order valence-electron chi connectivity index (χ3n) is 6.57. The molecule has 0 amide bonds. The average Bonchev–Trinajstić information content (AvgIpc) is 3.36. The van der Waals surface area contributed by atoms with Crippen LogP contribution in [-0.2, 0) is 9.53 Å². The lowest BCUT2D eigenvalue weighted by Crippen LogP contribution is -2.51. The van der Waals surface area contributed by atoms with Crippen LogP contribution in [0.2, 0.25) is 0 Å². The number of aromatic carboxylic acids is 1. The number of carbonyl (C=O) groups is 2. The molecular weight excluding hydrogens is 506 g/mol. The first-order valence-corrected chi connectivity index (χ1v) is 13.3. The summed E-state index contributed by atoms with van der Waals surface area (Å²) in [5, 5.41) is 12.2. The van der Waals surface area contributed by atoms with Crippen LogP contribution < -0.4 is 10.3 Å². The van der Waals surface area contributed by atoms with Crippen molar-refractivity contribution >= 4 is 39.9 Å². The summed E-state index contributed by atoms with van der Waals surface area (Å²) in [5.74, 6) is -0.535. The lowest BCUT2D eigenvalue weighted by atomic mass is 9.92. The molecule has 0 atom stereocenters. The molecule has 10 nitrogen and oxygen atoms in total. The second-order valence-corrected chi connectivity index (χ2v) is 9.98. The number of pyridine rings is 3. The van der Waals surface area contributed by atoms with Crippen LogP contribution in [0.5, 0.6) is 0 Å². The maximum absolute atomic E-state index is 13.1. The van der Waals surface area contributed by atoms with Gasteiger partial charge in [-0.2, -0.15) is 0 Å². The van der Waals surface area contributed by atoms with Gasteiger partial charge in [0.25, 0.3) is 0 Å². The van der Waals surface area contributed by atoms with Crippen molar-refractivity contribution < 1.29 is 19.4 Å². The molecule has 0 unspecified atom stereocenters. The zero-order valence-electron chi connectivity index (χ0n) is 21.1. The predicted octanol–water partition coefficient (Wildman–Crippen LogP) is 3.73. The summed E-state index contributed by atoms with van der Waals surface area (Å²) in [6.45, 7) is 6.01. The largest absolute Gasteiger partial charge is 0.477 e. The number of hydrogen-bond acceptors (Lipinski definition) is 9. The number of hydrogen-bond donors (Lipinski definition) is 1. The van der Waals surface area contributed by atoms with Gasteiger partial charge in [-0.3, -0.25) is 19.1 Å². The third kappa shape index (κ3) is 4.94. The fourth-order valence-electron chi connectivity index (χ4n) is 4.51. The minimum absolute atomic E-state index is 0.0640. The van der Waals surface area contributed by atoms with E-state index in [1.165, 1.54) is 17.5 Å². The number of rotatable bonds is 10. The fourth-order valence-corrected chi connectivity index (χ4v) is 5.30. The number of Topliss-reactive ketones (excluding diaryl/α,β-unsaturated/α-hetero) is 1. The summed E-state index contributed by atoms with van der Waals surface area (Å²) in [6.07, 6.45) is 4.16. The van der Waals surface area contributed by atoms with Crippen LogP contribution in [0.25, 0.3) is 27.6 Å². The number of fused-ring (bicyclic) bond motifs is 1. The molecule has 0 bridgehead atoms. The summed E-state index contributed by atoms with van der Waals surface area (Å²) in [6, 6.07) is 7.29. The second-order valence-electron chi connectivity index (χ2n) is 9.14. The number of anilines is 1.